The van der Waals surface area contributed by atoms with Crippen molar-refractivity contribution < 1.29 is 0 Å². The third kappa shape index (κ3) is 1.53. The summed E-state index contributed by atoms with van der Waals surface area (Å²) in [5, 5.41) is 0. The summed E-state index contributed by atoms with van der Waals surface area (Å²) in [5.74, 6) is 0. The Morgan fingerprint density at radius 2 is 1.80 bits per heavy atom. The van der Waals surface area contributed by atoms with Crippen LogP contribution in [0, 0.1) is 0 Å². The van der Waals surface area contributed by atoms with Crippen molar-refractivity contribution in [1.29, 1.82) is 0 Å². The van der Waals surface area contributed by atoms with Gasteiger partial charge in [0.05, 0.1) is 6.67 Å². The fourth-order valence-corrected chi connectivity index (χ4v) is 2.13. The van der Waals surface area contributed by atoms with Gasteiger partial charge >= 0.3 is 0 Å². The van der Waals surface area contributed by atoms with E-state index < -0.39 is 8.24 Å². The molecule has 1 rings (SSSR count). The van der Waals surface area contributed by atoms with Crippen molar-refractivity contribution >= 4 is 8.24 Å². The molecule has 0 unspecified atom stereocenters. The summed E-state index contributed by atoms with van der Waals surface area (Å²) in [6.45, 7) is 8.15. The lowest BCUT2D eigenvalue weighted by Crippen LogP contribution is -2.43. The van der Waals surface area contributed by atoms with Gasteiger partial charge in [-0.1, -0.05) is 19.6 Å². The highest BCUT2D eigenvalue weighted by molar-refractivity contribution is 6.73. The van der Waals surface area contributed by atoms with E-state index in [1.54, 1.807) is 0 Å². The lowest BCUT2D eigenvalue weighted by atomic mass is 10.9. The Balaban J connectivity index is 2.55. The van der Waals surface area contributed by atoms with Crippen LogP contribution in [-0.4, -0.2) is 31.4 Å². The van der Waals surface area contributed by atoms with Gasteiger partial charge in [0.15, 0.2) is 0 Å². The molecule has 1 aliphatic heterocycles. The van der Waals surface area contributed by atoms with E-state index in [1.165, 1.54) is 0 Å². The van der Waals surface area contributed by atoms with Crippen LogP contribution in [0.25, 0.3) is 0 Å². The molecule has 0 radical (unpaired) electrons. The van der Waals surface area contributed by atoms with Gasteiger partial charge in [0.25, 0.3) is 0 Å². The minimum Gasteiger partial charge on any atom is -0.386 e. The molecule has 0 N–H and O–H groups in total. The lowest BCUT2D eigenvalue weighted by molar-refractivity contribution is 0.388. The SMILES string of the molecule is CN1C=CN([Si](C)(C)C)C1. The van der Waals surface area contributed by atoms with E-state index in [9.17, 15) is 0 Å². The van der Waals surface area contributed by atoms with Crippen LogP contribution in [0.5, 0.6) is 0 Å². The number of hydrogen-bond donors (Lipinski definition) is 0. The second-order valence-electron chi connectivity index (χ2n) is 3.84. The van der Waals surface area contributed by atoms with Crippen LogP contribution in [0.1, 0.15) is 0 Å². The molecule has 0 amide bonds. The Morgan fingerprint density at radius 3 is 2.00 bits per heavy atom. The van der Waals surface area contributed by atoms with Crippen LogP contribution in [0.3, 0.4) is 0 Å². The maximum Gasteiger partial charge on any atom is 0.149 e. The van der Waals surface area contributed by atoms with Gasteiger partial charge in [-0.2, -0.15) is 0 Å². The Kier molecular flexibility index (Phi) is 1.77. The number of rotatable bonds is 1. The third-order valence-corrected chi connectivity index (χ3v) is 3.75. The second kappa shape index (κ2) is 2.31. The summed E-state index contributed by atoms with van der Waals surface area (Å²) < 4.78 is 2.45. The summed E-state index contributed by atoms with van der Waals surface area (Å²) in [6, 6.07) is 0. The van der Waals surface area contributed by atoms with Crippen molar-refractivity contribution in [3.63, 3.8) is 0 Å². The molecule has 58 valence electrons. The predicted molar refractivity (Wildman–Crippen MR) is 47.0 cm³/mol. The van der Waals surface area contributed by atoms with Crippen LogP contribution < -0.4 is 0 Å². The highest BCUT2D eigenvalue weighted by Gasteiger charge is 2.23. The maximum absolute atomic E-state index is 2.45. The van der Waals surface area contributed by atoms with Crippen molar-refractivity contribution in [1.82, 2.24) is 9.47 Å². The normalized spacial score (nSPS) is 18.8. The van der Waals surface area contributed by atoms with Crippen molar-refractivity contribution in [3.05, 3.63) is 12.4 Å². The molecule has 0 aromatic carbocycles. The summed E-state index contributed by atoms with van der Waals surface area (Å²) in [5.41, 5.74) is 0. The van der Waals surface area contributed by atoms with Gasteiger partial charge in [-0.05, 0) is 0 Å². The van der Waals surface area contributed by atoms with Gasteiger partial charge in [0, 0.05) is 19.4 Å². The van der Waals surface area contributed by atoms with Crippen LogP contribution in [-0.2, 0) is 0 Å². The molecule has 0 fully saturated rings. The summed E-state index contributed by atoms with van der Waals surface area (Å²) in [4.78, 5) is 2.21. The quantitative estimate of drug-likeness (QED) is 0.531. The van der Waals surface area contributed by atoms with Crippen LogP contribution in [0.2, 0.25) is 19.6 Å². The van der Waals surface area contributed by atoms with E-state index in [0.717, 1.165) is 6.67 Å². The second-order valence-corrected chi connectivity index (χ2v) is 8.75. The average molecular weight is 156 g/mol. The molecule has 0 saturated heterocycles. The molecule has 0 saturated carbocycles. The monoisotopic (exact) mass is 156 g/mol. The minimum atomic E-state index is -1.06. The zero-order chi connectivity index (χ0) is 7.78. The van der Waals surface area contributed by atoms with E-state index in [0.29, 0.717) is 0 Å². The topological polar surface area (TPSA) is 6.48 Å². The Morgan fingerprint density at radius 1 is 1.20 bits per heavy atom. The van der Waals surface area contributed by atoms with E-state index in [4.69, 9.17) is 0 Å². The Hall–Kier alpha value is -0.443. The largest absolute Gasteiger partial charge is 0.386 e. The smallest absolute Gasteiger partial charge is 0.149 e. The molecule has 0 bridgehead atoms. The molecule has 3 heteroatoms. The minimum absolute atomic E-state index is 1.06. The first-order valence-electron chi connectivity index (χ1n) is 3.65. The highest BCUT2D eigenvalue weighted by atomic mass is 28.3. The van der Waals surface area contributed by atoms with Gasteiger partial charge < -0.3 is 9.47 Å². The zero-order valence-corrected chi connectivity index (χ0v) is 8.26. The van der Waals surface area contributed by atoms with Crippen molar-refractivity contribution in [2.45, 2.75) is 19.6 Å². The number of hydrogen-bond acceptors (Lipinski definition) is 2. The molecule has 2 nitrogen and oxygen atoms in total. The number of nitrogens with zero attached hydrogens (tertiary/aromatic N) is 2. The van der Waals surface area contributed by atoms with Crippen LogP contribution in [0.4, 0.5) is 0 Å². The molecule has 1 aliphatic rings. The van der Waals surface area contributed by atoms with E-state index in [1.807, 2.05) is 0 Å². The fraction of sp³-hybridized carbons (Fsp3) is 0.714. The molecular weight excluding hydrogens is 140 g/mol. The fourth-order valence-electron chi connectivity index (χ4n) is 0.965. The van der Waals surface area contributed by atoms with E-state index >= 15 is 0 Å². The van der Waals surface area contributed by atoms with Gasteiger partial charge in [-0.25, -0.2) is 0 Å². The summed E-state index contributed by atoms with van der Waals surface area (Å²) >= 11 is 0. The first-order chi connectivity index (χ1) is 4.50. The predicted octanol–water partition coefficient (Wildman–Crippen LogP) is 1.50. The first-order valence-corrected chi connectivity index (χ1v) is 7.10. The van der Waals surface area contributed by atoms with Crippen molar-refractivity contribution in [2.24, 2.45) is 0 Å². The molecule has 0 aromatic heterocycles. The molecule has 1 heterocycles. The Labute approximate surface area is 64.2 Å². The molecule has 0 aromatic rings. The lowest BCUT2D eigenvalue weighted by Gasteiger charge is -2.30. The van der Waals surface area contributed by atoms with Crippen LogP contribution in [0.15, 0.2) is 12.4 Å². The van der Waals surface area contributed by atoms with Gasteiger partial charge in [-0.15, -0.1) is 0 Å². The molecular formula is C7H16N2Si. The Bertz CT molecular complexity index is 148. The van der Waals surface area contributed by atoms with Gasteiger partial charge in [0.2, 0.25) is 0 Å². The molecule has 0 atom stereocenters. The first kappa shape index (κ1) is 7.66. The van der Waals surface area contributed by atoms with Crippen LogP contribution >= 0.6 is 0 Å². The molecule has 10 heavy (non-hydrogen) atoms. The third-order valence-electron chi connectivity index (χ3n) is 1.74. The van der Waals surface area contributed by atoms with Crippen molar-refractivity contribution in [2.75, 3.05) is 13.7 Å². The van der Waals surface area contributed by atoms with Gasteiger partial charge in [-0.3, -0.25) is 0 Å². The average Bonchev–Trinajstić information content (AvgIpc) is 2.11. The van der Waals surface area contributed by atoms with Crippen molar-refractivity contribution in [3.8, 4) is 0 Å². The van der Waals surface area contributed by atoms with E-state index in [2.05, 4.69) is 48.6 Å². The standard InChI is InChI=1S/C7H16N2Si/c1-8-5-6-9(7-8)10(2,3)4/h5-6H,7H2,1-4H3. The summed E-state index contributed by atoms with van der Waals surface area (Å²) in [6.07, 6.45) is 4.34. The van der Waals surface area contributed by atoms with Gasteiger partial charge in [0.1, 0.15) is 8.24 Å². The highest BCUT2D eigenvalue weighted by Crippen LogP contribution is 2.14. The zero-order valence-electron chi connectivity index (χ0n) is 7.26. The van der Waals surface area contributed by atoms with E-state index in [-0.39, 0.29) is 0 Å². The maximum atomic E-state index is 2.45. The molecule has 0 aliphatic carbocycles. The molecule has 0 spiro atoms. The summed E-state index contributed by atoms with van der Waals surface area (Å²) in [7, 11) is 1.05.